The summed E-state index contributed by atoms with van der Waals surface area (Å²) in [6, 6.07) is 13.6. The molecule has 4 rings (SSSR count). The lowest BCUT2D eigenvalue weighted by atomic mass is 9.77. The second kappa shape index (κ2) is 7.65. The Kier molecular flexibility index (Phi) is 5.19. The molecule has 3 aromatic rings. The smallest absolute Gasteiger partial charge is 0.271 e. The van der Waals surface area contributed by atoms with E-state index in [1.165, 1.54) is 24.6 Å². The number of halogens is 1. The number of benzene rings is 2. The van der Waals surface area contributed by atoms with Gasteiger partial charge in [-0.25, -0.2) is 17.4 Å². The minimum atomic E-state index is -3.93. The zero-order valence-electron chi connectivity index (χ0n) is 15.8. The van der Waals surface area contributed by atoms with Crippen LogP contribution < -0.4 is 5.32 Å². The van der Waals surface area contributed by atoms with Crippen molar-refractivity contribution in [1.82, 2.24) is 8.96 Å². The van der Waals surface area contributed by atoms with Gasteiger partial charge in [-0.3, -0.25) is 10.1 Å². The van der Waals surface area contributed by atoms with Crippen molar-refractivity contribution in [2.45, 2.75) is 31.1 Å². The summed E-state index contributed by atoms with van der Waals surface area (Å²) in [6.45, 7) is 1.32. The number of amides is 1. The zero-order chi connectivity index (χ0) is 20.6. The number of fused-ring (bicyclic) bond motifs is 1. The summed E-state index contributed by atoms with van der Waals surface area (Å²) in [5, 5.41) is 2.54. The van der Waals surface area contributed by atoms with Gasteiger partial charge >= 0.3 is 0 Å². The van der Waals surface area contributed by atoms with E-state index >= 15 is 0 Å². The molecule has 0 saturated heterocycles. The predicted molar refractivity (Wildman–Crippen MR) is 113 cm³/mol. The normalized spacial score (nSPS) is 18.0. The highest BCUT2D eigenvalue weighted by atomic mass is 35.5. The van der Waals surface area contributed by atoms with Gasteiger partial charge in [0.05, 0.1) is 15.9 Å². The second-order valence-electron chi connectivity index (χ2n) is 7.15. The van der Waals surface area contributed by atoms with Crippen LogP contribution in [-0.2, 0) is 21.2 Å². The summed E-state index contributed by atoms with van der Waals surface area (Å²) in [5.41, 5.74) is 4.88. The molecule has 1 N–H and O–H groups in total. The minimum absolute atomic E-state index is 0.0153. The molecule has 0 spiro atoms. The van der Waals surface area contributed by atoms with Gasteiger partial charge in [-0.2, -0.15) is 0 Å². The Hall–Kier alpha value is -2.64. The molecular formula is C21H20ClN3O3S. The van der Waals surface area contributed by atoms with Crippen molar-refractivity contribution < 1.29 is 13.2 Å². The van der Waals surface area contributed by atoms with Crippen molar-refractivity contribution in [1.29, 1.82) is 0 Å². The lowest BCUT2D eigenvalue weighted by Crippen LogP contribution is -2.19. The molecule has 1 aliphatic carbocycles. The van der Waals surface area contributed by atoms with Crippen molar-refractivity contribution in [3.63, 3.8) is 0 Å². The topological polar surface area (TPSA) is 81.1 Å². The average Bonchev–Trinajstić information content (AvgIpc) is 3.03. The van der Waals surface area contributed by atoms with Crippen LogP contribution in [0.2, 0.25) is 0 Å². The first-order chi connectivity index (χ1) is 13.9. The second-order valence-corrected chi connectivity index (χ2v) is 9.15. The van der Waals surface area contributed by atoms with Crippen LogP contribution in [0.15, 0.2) is 64.5 Å². The van der Waals surface area contributed by atoms with E-state index in [1.807, 2.05) is 12.1 Å². The van der Waals surface area contributed by atoms with Crippen LogP contribution in [0.4, 0.5) is 5.95 Å². The van der Waals surface area contributed by atoms with Gasteiger partial charge in [0.2, 0.25) is 11.9 Å². The maximum absolute atomic E-state index is 13.3. The highest BCUT2D eigenvalue weighted by molar-refractivity contribution is 7.90. The molecule has 1 aliphatic rings. The standard InChI is InChI=1S/C21H20ClN3O3S/c1-14(26)23-21-24-19-12-15(11-16-8-9-17(16)13-22)7-10-20(19)25(21)29(27,28)18-5-3-2-4-6-18/h2-7,10,12-13,16H,8-9,11H2,1H3,(H,23,24,26)/b17-13-. The van der Waals surface area contributed by atoms with Gasteiger partial charge in [0.1, 0.15) is 0 Å². The molecule has 6 nitrogen and oxygen atoms in total. The van der Waals surface area contributed by atoms with Gasteiger partial charge in [0.25, 0.3) is 10.0 Å². The summed E-state index contributed by atoms with van der Waals surface area (Å²) < 4.78 is 27.6. The number of nitrogens with one attached hydrogen (secondary N) is 1. The highest BCUT2D eigenvalue weighted by Crippen LogP contribution is 2.37. The largest absolute Gasteiger partial charge is 0.295 e. The number of nitrogens with zero attached hydrogens (tertiary/aromatic N) is 2. The van der Waals surface area contributed by atoms with E-state index in [9.17, 15) is 13.2 Å². The molecule has 29 heavy (non-hydrogen) atoms. The monoisotopic (exact) mass is 429 g/mol. The van der Waals surface area contributed by atoms with Crippen LogP contribution in [0.25, 0.3) is 11.0 Å². The maximum atomic E-state index is 13.3. The van der Waals surface area contributed by atoms with Gasteiger partial charge < -0.3 is 0 Å². The summed E-state index contributed by atoms with van der Waals surface area (Å²) in [5.74, 6) is 0.00444. The first kappa shape index (κ1) is 19.7. The van der Waals surface area contributed by atoms with Crippen LogP contribution in [0.1, 0.15) is 25.3 Å². The van der Waals surface area contributed by atoms with Crippen molar-refractivity contribution in [3.05, 3.63) is 65.2 Å². The van der Waals surface area contributed by atoms with Crippen LogP contribution in [-0.4, -0.2) is 23.3 Å². The first-order valence-electron chi connectivity index (χ1n) is 9.29. The number of hydrogen-bond donors (Lipinski definition) is 1. The molecule has 1 unspecified atom stereocenters. The van der Waals surface area contributed by atoms with Gasteiger partial charge in [0.15, 0.2) is 0 Å². The van der Waals surface area contributed by atoms with Crippen LogP contribution in [0, 0.1) is 5.92 Å². The fourth-order valence-corrected chi connectivity index (χ4v) is 5.31. The van der Waals surface area contributed by atoms with E-state index in [0.717, 1.165) is 28.8 Å². The van der Waals surface area contributed by atoms with Gasteiger partial charge in [-0.05, 0) is 55.0 Å². The third kappa shape index (κ3) is 3.68. The molecule has 1 heterocycles. The Morgan fingerprint density at radius 1 is 1.28 bits per heavy atom. The fourth-order valence-electron chi connectivity index (χ4n) is 3.58. The molecular weight excluding hydrogens is 410 g/mol. The molecule has 0 aliphatic heterocycles. The van der Waals surface area contributed by atoms with Crippen LogP contribution in [0.3, 0.4) is 0 Å². The molecule has 1 atom stereocenters. The molecule has 2 aromatic carbocycles. The van der Waals surface area contributed by atoms with Gasteiger partial charge in [0, 0.05) is 12.5 Å². The van der Waals surface area contributed by atoms with Crippen molar-refractivity contribution in [2.24, 2.45) is 5.92 Å². The molecule has 1 saturated carbocycles. The third-order valence-electron chi connectivity index (χ3n) is 5.17. The Balaban J connectivity index is 1.81. The van der Waals surface area contributed by atoms with E-state index in [1.54, 1.807) is 29.8 Å². The van der Waals surface area contributed by atoms with E-state index in [0.29, 0.717) is 17.0 Å². The van der Waals surface area contributed by atoms with Gasteiger partial charge in [-0.15, -0.1) is 0 Å². The maximum Gasteiger partial charge on any atom is 0.271 e. The summed E-state index contributed by atoms with van der Waals surface area (Å²) in [4.78, 5) is 16.2. The number of carbonyl (C=O) groups is 1. The molecule has 1 amide bonds. The van der Waals surface area contributed by atoms with E-state index in [-0.39, 0.29) is 10.8 Å². The number of rotatable bonds is 5. The molecule has 1 aromatic heterocycles. The number of carbonyl (C=O) groups excluding carboxylic acids is 1. The predicted octanol–water partition coefficient (Wildman–Crippen LogP) is 4.31. The highest BCUT2D eigenvalue weighted by Gasteiger charge is 2.27. The Morgan fingerprint density at radius 3 is 2.66 bits per heavy atom. The SMILES string of the molecule is CC(=O)Nc1nc2cc(CC3CC/C3=C/Cl)ccc2n1S(=O)(=O)c1ccccc1. The van der Waals surface area contributed by atoms with E-state index in [2.05, 4.69) is 10.3 Å². The molecule has 0 bridgehead atoms. The van der Waals surface area contributed by atoms with Crippen molar-refractivity contribution in [3.8, 4) is 0 Å². The quantitative estimate of drug-likeness (QED) is 0.655. The van der Waals surface area contributed by atoms with Crippen molar-refractivity contribution in [2.75, 3.05) is 5.32 Å². The average molecular weight is 430 g/mol. The molecule has 1 fully saturated rings. The van der Waals surface area contributed by atoms with Crippen LogP contribution >= 0.6 is 11.6 Å². The molecule has 8 heteroatoms. The molecule has 150 valence electrons. The summed E-state index contributed by atoms with van der Waals surface area (Å²) in [6.07, 6.45) is 2.93. The Bertz CT molecular complexity index is 1220. The lowest BCUT2D eigenvalue weighted by molar-refractivity contribution is -0.114. The van der Waals surface area contributed by atoms with Crippen molar-refractivity contribution >= 4 is 44.5 Å². The first-order valence-corrected chi connectivity index (χ1v) is 11.2. The summed E-state index contributed by atoms with van der Waals surface area (Å²) in [7, 11) is -3.93. The van der Waals surface area contributed by atoms with E-state index < -0.39 is 15.9 Å². The Labute approximate surface area is 174 Å². The van der Waals surface area contributed by atoms with Crippen LogP contribution in [0.5, 0.6) is 0 Å². The number of aromatic nitrogens is 2. The minimum Gasteiger partial charge on any atom is -0.295 e. The number of hydrogen-bond acceptors (Lipinski definition) is 4. The third-order valence-corrected chi connectivity index (χ3v) is 7.17. The number of imidazole rings is 1. The van der Waals surface area contributed by atoms with E-state index in [4.69, 9.17) is 11.6 Å². The molecule has 0 radical (unpaired) electrons. The fraction of sp³-hybridized carbons (Fsp3) is 0.238. The number of allylic oxidation sites excluding steroid dienone is 1. The number of anilines is 1. The Morgan fingerprint density at radius 2 is 2.03 bits per heavy atom. The summed E-state index contributed by atoms with van der Waals surface area (Å²) >= 11 is 5.86. The zero-order valence-corrected chi connectivity index (χ0v) is 17.4. The lowest BCUT2D eigenvalue weighted by Gasteiger charge is -2.29. The van der Waals surface area contributed by atoms with Gasteiger partial charge in [-0.1, -0.05) is 41.4 Å².